The lowest BCUT2D eigenvalue weighted by Gasteiger charge is -2.08. The Kier molecular flexibility index (Phi) is 2.74. The standard InChI is InChI=1S/C22H14O2/c23-20-13-22(24-21-11-4-3-8-18(20)21)17-10-5-9-16-15-7-2-1-6-14(15)12-19(16)17/h1-11,13H,12H2. The Labute approximate surface area is 139 Å². The first kappa shape index (κ1) is 13.3. The first-order chi connectivity index (χ1) is 11.8. The van der Waals surface area contributed by atoms with E-state index in [2.05, 4.69) is 30.3 Å². The minimum Gasteiger partial charge on any atom is -0.456 e. The van der Waals surface area contributed by atoms with Crippen LogP contribution in [0.3, 0.4) is 0 Å². The van der Waals surface area contributed by atoms with Crippen molar-refractivity contribution in [3.63, 3.8) is 0 Å². The zero-order valence-corrected chi connectivity index (χ0v) is 13.0. The molecule has 1 heterocycles. The molecule has 1 aromatic heterocycles. The van der Waals surface area contributed by atoms with Gasteiger partial charge in [-0.05, 0) is 40.8 Å². The van der Waals surface area contributed by atoms with Gasteiger partial charge in [-0.15, -0.1) is 0 Å². The molecule has 114 valence electrons. The molecule has 0 radical (unpaired) electrons. The van der Waals surface area contributed by atoms with Crippen LogP contribution in [0.1, 0.15) is 11.1 Å². The second-order valence-electron chi connectivity index (χ2n) is 6.14. The SMILES string of the molecule is O=c1cc(-c2cccc3c2Cc2ccccc2-3)oc2ccccc12. The van der Waals surface area contributed by atoms with Gasteiger partial charge in [-0.3, -0.25) is 4.79 Å². The van der Waals surface area contributed by atoms with Crippen LogP contribution in [-0.4, -0.2) is 0 Å². The lowest BCUT2D eigenvalue weighted by molar-refractivity contribution is 0.618. The molecular weight excluding hydrogens is 296 g/mol. The van der Waals surface area contributed by atoms with Gasteiger partial charge in [-0.2, -0.15) is 0 Å². The molecule has 0 atom stereocenters. The highest BCUT2D eigenvalue weighted by Gasteiger charge is 2.22. The highest BCUT2D eigenvalue weighted by Crippen LogP contribution is 2.41. The summed E-state index contributed by atoms with van der Waals surface area (Å²) in [6, 6.07) is 23.7. The van der Waals surface area contributed by atoms with E-state index in [1.54, 1.807) is 12.1 Å². The van der Waals surface area contributed by atoms with Crippen molar-refractivity contribution in [3.05, 3.63) is 94.1 Å². The van der Waals surface area contributed by atoms with Gasteiger partial charge in [0.15, 0.2) is 5.43 Å². The smallest absolute Gasteiger partial charge is 0.193 e. The number of para-hydroxylation sites is 1. The fourth-order valence-corrected chi connectivity index (χ4v) is 3.62. The summed E-state index contributed by atoms with van der Waals surface area (Å²) < 4.78 is 6.05. The van der Waals surface area contributed by atoms with Crippen LogP contribution in [0, 0.1) is 0 Å². The monoisotopic (exact) mass is 310 g/mol. The third kappa shape index (κ3) is 1.86. The predicted octanol–water partition coefficient (Wildman–Crippen LogP) is 5.03. The predicted molar refractivity (Wildman–Crippen MR) is 96.2 cm³/mol. The van der Waals surface area contributed by atoms with Crippen LogP contribution in [0.15, 0.2) is 82.0 Å². The third-order valence-electron chi connectivity index (χ3n) is 4.75. The molecule has 4 aromatic rings. The first-order valence-corrected chi connectivity index (χ1v) is 8.05. The highest BCUT2D eigenvalue weighted by atomic mass is 16.3. The number of hydrogen-bond acceptors (Lipinski definition) is 2. The Bertz CT molecular complexity index is 1150. The number of fused-ring (bicyclic) bond motifs is 4. The summed E-state index contributed by atoms with van der Waals surface area (Å²) in [6.45, 7) is 0. The molecule has 0 N–H and O–H groups in total. The van der Waals surface area contributed by atoms with E-state index in [-0.39, 0.29) is 5.43 Å². The van der Waals surface area contributed by atoms with E-state index >= 15 is 0 Å². The van der Waals surface area contributed by atoms with Gasteiger partial charge in [0.25, 0.3) is 0 Å². The Balaban J connectivity index is 1.77. The molecular formula is C22H14O2. The highest BCUT2D eigenvalue weighted by molar-refractivity contribution is 5.85. The number of hydrogen-bond donors (Lipinski definition) is 0. The summed E-state index contributed by atoms with van der Waals surface area (Å²) in [5, 5.41) is 0.622. The molecule has 0 amide bonds. The van der Waals surface area contributed by atoms with Crippen LogP contribution >= 0.6 is 0 Å². The van der Waals surface area contributed by atoms with Crippen molar-refractivity contribution in [2.45, 2.75) is 6.42 Å². The second-order valence-corrected chi connectivity index (χ2v) is 6.14. The average Bonchev–Trinajstić information content (AvgIpc) is 3.00. The molecule has 0 saturated carbocycles. The van der Waals surface area contributed by atoms with Crippen molar-refractivity contribution in [1.29, 1.82) is 0 Å². The van der Waals surface area contributed by atoms with Gasteiger partial charge < -0.3 is 4.42 Å². The van der Waals surface area contributed by atoms with E-state index in [0.717, 1.165) is 12.0 Å². The van der Waals surface area contributed by atoms with E-state index in [4.69, 9.17) is 4.42 Å². The summed E-state index contributed by atoms with van der Waals surface area (Å²) >= 11 is 0. The quantitative estimate of drug-likeness (QED) is 0.434. The topological polar surface area (TPSA) is 30.2 Å². The summed E-state index contributed by atoms with van der Waals surface area (Å²) in [7, 11) is 0. The molecule has 1 aliphatic rings. The van der Waals surface area contributed by atoms with Gasteiger partial charge in [0.05, 0.1) is 5.39 Å². The minimum absolute atomic E-state index is 0.0000332. The van der Waals surface area contributed by atoms with Crippen molar-refractivity contribution < 1.29 is 4.42 Å². The largest absolute Gasteiger partial charge is 0.456 e. The molecule has 0 aliphatic heterocycles. The summed E-state index contributed by atoms with van der Waals surface area (Å²) in [5.74, 6) is 0.642. The molecule has 0 spiro atoms. The Morgan fingerprint density at radius 1 is 0.750 bits per heavy atom. The minimum atomic E-state index is -0.0000332. The van der Waals surface area contributed by atoms with Gasteiger partial charge >= 0.3 is 0 Å². The fourth-order valence-electron chi connectivity index (χ4n) is 3.62. The van der Waals surface area contributed by atoms with Crippen molar-refractivity contribution in [2.75, 3.05) is 0 Å². The Hall–Kier alpha value is -3.13. The molecule has 0 unspecified atom stereocenters. The maximum atomic E-state index is 12.4. The molecule has 3 aromatic carbocycles. The van der Waals surface area contributed by atoms with Crippen LogP contribution in [0.25, 0.3) is 33.4 Å². The molecule has 0 fully saturated rings. The molecule has 1 aliphatic carbocycles. The van der Waals surface area contributed by atoms with E-state index in [1.165, 1.54) is 22.3 Å². The van der Waals surface area contributed by atoms with Crippen LogP contribution in [0.4, 0.5) is 0 Å². The molecule has 2 nitrogen and oxygen atoms in total. The van der Waals surface area contributed by atoms with Crippen LogP contribution in [-0.2, 0) is 6.42 Å². The fraction of sp³-hybridized carbons (Fsp3) is 0.0455. The Morgan fingerprint density at radius 3 is 2.46 bits per heavy atom. The van der Waals surface area contributed by atoms with Gasteiger partial charge in [0, 0.05) is 11.6 Å². The van der Waals surface area contributed by atoms with Gasteiger partial charge in [0.1, 0.15) is 11.3 Å². The normalized spacial score (nSPS) is 12.2. The number of rotatable bonds is 1. The molecule has 2 heteroatoms. The maximum absolute atomic E-state index is 12.4. The van der Waals surface area contributed by atoms with Crippen LogP contribution in [0.2, 0.25) is 0 Å². The van der Waals surface area contributed by atoms with E-state index in [9.17, 15) is 4.79 Å². The molecule has 24 heavy (non-hydrogen) atoms. The summed E-state index contributed by atoms with van der Waals surface area (Å²) in [5.41, 5.74) is 6.70. The van der Waals surface area contributed by atoms with Gasteiger partial charge in [-0.25, -0.2) is 0 Å². The van der Waals surface area contributed by atoms with Crippen LogP contribution < -0.4 is 5.43 Å². The first-order valence-electron chi connectivity index (χ1n) is 8.05. The van der Waals surface area contributed by atoms with Gasteiger partial charge in [0.2, 0.25) is 0 Å². The second kappa shape index (κ2) is 4.93. The van der Waals surface area contributed by atoms with Crippen molar-refractivity contribution in [2.24, 2.45) is 0 Å². The lowest BCUT2D eigenvalue weighted by atomic mass is 9.99. The van der Waals surface area contributed by atoms with Crippen molar-refractivity contribution in [1.82, 2.24) is 0 Å². The third-order valence-corrected chi connectivity index (χ3v) is 4.75. The molecule has 0 saturated heterocycles. The lowest BCUT2D eigenvalue weighted by Crippen LogP contribution is -2.00. The summed E-state index contributed by atoms with van der Waals surface area (Å²) in [4.78, 5) is 12.4. The van der Waals surface area contributed by atoms with Crippen molar-refractivity contribution in [3.8, 4) is 22.5 Å². The average molecular weight is 310 g/mol. The van der Waals surface area contributed by atoms with Crippen LogP contribution in [0.5, 0.6) is 0 Å². The summed E-state index contributed by atoms with van der Waals surface area (Å²) in [6.07, 6.45) is 0.873. The molecule has 5 rings (SSSR count). The Morgan fingerprint density at radius 2 is 1.50 bits per heavy atom. The van der Waals surface area contributed by atoms with Gasteiger partial charge in [-0.1, -0.05) is 54.6 Å². The van der Waals surface area contributed by atoms with E-state index < -0.39 is 0 Å². The maximum Gasteiger partial charge on any atom is 0.193 e. The van der Waals surface area contributed by atoms with Crippen molar-refractivity contribution >= 4 is 11.0 Å². The number of benzene rings is 3. The zero-order chi connectivity index (χ0) is 16.1. The molecule has 0 bridgehead atoms. The zero-order valence-electron chi connectivity index (χ0n) is 13.0. The van der Waals surface area contributed by atoms with E-state index in [1.807, 2.05) is 30.3 Å². The van der Waals surface area contributed by atoms with E-state index in [0.29, 0.717) is 16.7 Å².